The number of likely N-dealkylation sites (tertiary alicyclic amines) is 1. The normalized spacial score (nSPS) is 17.2. The number of carbonyl (C=O) groups is 10. The molecule has 0 aromatic rings. The summed E-state index contributed by atoms with van der Waals surface area (Å²) in [5.74, 6) is -10.2. The maximum atomic E-state index is 13.3. The molecular formula is C31H51N9O13. The molecule has 14 N–H and O–H groups in total. The molecule has 0 bridgehead atoms. The highest BCUT2D eigenvalue weighted by molar-refractivity contribution is 5.98. The first-order valence-corrected chi connectivity index (χ1v) is 16.9. The van der Waals surface area contributed by atoms with Crippen LogP contribution in [0.2, 0.25) is 0 Å². The average Bonchev–Trinajstić information content (AvgIpc) is 3.56. The fourth-order valence-electron chi connectivity index (χ4n) is 5.25. The summed E-state index contributed by atoms with van der Waals surface area (Å²) in [5, 5.41) is 39.7. The number of primary amides is 2. The maximum absolute atomic E-state index is 13.3. The third kappa shape index (κ3) is 15.8. The van der Waals surface area contributed by atoms with Crippen LogP contribution in [0.5, 0.6) is 0 Å². The number of rotatable bonds is 23. The van der Waals surface area contributed by atoms with Crippen molar-refractivity contribution in [3.63, 3.8) is 0 Å². The van der Waals surface area contributed by atoms with E-state index in [2.05, 4.69) is 26.6 Å². The number of nitrogens with one attached hydrogen (secondary N) is 5. The van der Waals surface area contributed by atoms with E-state index < -0.39 is 127 Å². The standard InChI is InChI=1S/C31H51N9O13/c1-14(2)11-18(25(34)47)37-30(52)21-5-4-10-40(21)31(53)20(13-41)39-26(48)15(3)35-29(51)19(12-24(45)46)38-28(50)17(7-9-23(43)44)36-27(49)16(32)6-8-22(33)42/h14-21,41H,4-13,32H2,1-3H3,(H2,33,42)(H2,34,47)(H,35,51)(H,36,49)(H,37,52)(H,38,50)(H,39,48)(H,43,44)(H,45,46)/t15-,16-,17-,18-,19-,20-,21-/m0/s1. The van der Waals surface area contributed by atoms with Crippen molar-refractivity contribution in [2.24, 2.45) is 23.1 Å². The monoisotopic (exact) mass is 757 g/mol. The van der Waals surface area contributed by atoms with Crippen molar-refractivity contribution in [3.8, 4) is 0 Å². The van der Waals surface area contributed by atoms with Crippen LogP contribution in [-0.4, -0.2) is 135 Å². The van der Waals surface area contributed by atoms with Crippen LogP contribution in [0.1, 0.15) is 72.1 Å². The number of aliphatic hydroxyl groups excluding tert-OH is 1. The lowest BCUT2D eigenvalue weighted by atomic mass is 10.0. The van der Waals surface area contributed by atoms with Gasteiger partial charge < -0.3 is 64.0 Å². The lowest BCUT2D eigenvalue weighted by Crippen LogP contribution is -2.60. The number of nitrogens with two attached hydrogens (primary N) is 3. The number of amides is 8. The van der Waals surface area contributed by atoms with E-state index in [9.17, 15) is 58.2 Å². The van der Waals surface area contributed by atoms with Gasteiger partial charge in [-0.25, -0.2) is 0 Å². The van der Waals surface area contributed by atoms with Crippen molar-refractivity contribution in [2.75, 3.05) is 13.2 Å². The molecule has 298 valence electrons. The Labute approximate surface area is 304 Å². The summed E-state index contributed by atoms with van der Waals surface area (Å²) in [6.45, 7) is 3.98. The number of aliphatic hydroxyl groups is 1. The number of hydrogen-bond donors (Lipinski definition) is 11. The van der Waals surface area contributed by atoms with E-state index in [-0.39, 0.29) is 38.1 Å². The molecule has 1 fully saturated rings. The molecule has 1 rings (SSSR count). The number of hydrogen-bond acceptors (Lipinski definition) is 12. The summed E-state index contributed by atoms with van der Waals surface area (Å²) < 4.78 is 0. The number of aliphatic carboxylic acids is 2. The Morgan fingerprint density at radius 2 is 1.30 bits per heavy atom. The SMILES string of the molecule is CC(C)C[C@H](NC(=O)[C@@H]1CCCN1C(=O)[C@H](CO)NC(=O)[C@H](C)NC(=O)[C@H](CC(=O)O)NC(=O)[C@H](CCC(=O)O)NC(=O)[C@@H](N)CCC(N)=O)C(N)=O. The minimum atomic E-state index is -1.86. The second-order valence-electron chi connectivity index (χ2n) is 13.0. The molecule has 1 heterocycles. The van der Waals surface area contributed by atoms with Gasteiger partial charge in [0.25, 0.3) is 0 Å². The lowest BCUT2D eigenvalue weighted by molar-refractivity contribution is -0.143. The Kier molecular flexibility index (Phi) is 18.8. The summed E-state index contributed by atoms with van der Waals surface area (Å²) in [6, 6.07) is -9.90. The van der Waals surface area contributed by atoms with Crippen LogP contribution in [0.3, 0.4) is 0 Å². The van der Waals surface area contributed by atoms with Crippen LogP contribution in [0.15, 0.2) is 0 Å². The van der Waals surface area contributed by atoms with Crippen LogP contribution in [-0.2, 0) is 47.9 Å². The number of carbonyl (C=O) groups excluding carboxylic acids is 8. The first kappa shape index (κ1) is 45.6. The van der Waals surface area contributed by atoms with E-state index in [0.717, 1.165) is 11.8 Å². The Morgan fingerprint density at radius 1 is 0.717 bits per heavy atom. The van der Waals surface area contributed by atoms with Gasteiger partial charge in [0.1, 0.15) is 36.3 Å². The second kappa shape index (κ2) is 21.9. The lowest BCUT2D eigenvalue weighted by Gasteiger charge is -2.29. The van der Waals surface area contributed by atoms with Crippen LogP contribution < -0.4 is 43.8 Å². The smallest absolute Gasteiger partial charge is 0.305 e. The third-order valence-corrected chi connectivity index (χ3v) is 8.08. The molecule has 0 radical (unpaired) electrons. The highest BCUT2D eigenvalue weighted by Gasteiger charge is 2.39. The fourth-order valence-corrected chi connectivity index (χ4v) is 5.25. The van der Waals surface area contributed by atoms with Crippen molar-refractivity contribution >= 4 is 59.2 Å². The van der Waals surface area contributed by atoms with Gasteiger partial charge in [0, 0.05) is 19.4 Å². The molecule has 22 nitrogen and oxygen atoms in total. The predicted octanol–water partition coefficient (Wildman–Crippen LogP) is -5.12. The van der Waals surface area contributed by atoms with Gasteiger partial charge in [0.05, 0.1) is 19.1 Å². The van der Waals surface area contributed by atoms with Crippen LogP contribution in [0, 0.1) is 5.92 Å². The summed E-state index contributed by atoms with van der Waals surface area (Å²) >= 11 is 0. The molecule has 1 aliphatic rings. The highest BCUT2D eigenvalue weighted by Crippen LogP contribution is 2.19. The van der Waals surface area contributed by atoms with Gasteiger partial charge in [0.2, 0.25) is 47.3 Å². The van der Waals surface area contributed by atoms with E-state index >= 15 is 0 Å². The molecule has 0 spiro atoms. The van der Waals surface area contributed by atoms with Crippen molar-refractivity contribution in [2.45, 2.75) is 114 Å². The average molecular weight is 758 g/mol. The van der Waals surface area contributed by atoms with Crippen LogP contribution in [0.4, 0.5) is 0 Å². The summed E-state index contributed by atoms with van der Waals surface area (Å²) in [6.07, 6.45) is -1.76. The van der Waals surface area contributed by atoms with Crippen LogP contribution in [0.25, 0.3) is 0 Å². The first-order valence-electron chi connectivity index (χ1n) is 16.9. The summed E-state index contributed by atoms with van der Waals surface area (Å²) in [4.78, 5) is 125. The zero-order chi connectivity index (χ0) is 40.6. The molecule has 7 atom stereocenters. The Balaban J connectivity index is 3.02. The predicted molar refractivity (Wildman–Crippen MR) is 181 cm³/mol. The van der Waals surface area contributed by atoms with Crippen molar-refractivity contribution in [1.82, 2.24) is 31.5 Å². The summed E-state index contributed by atoms with van der Waals surface area (Å²) in [5.41, 5.74) is 16.2. The number of carboxylic acid groups (broad SMARTS) is 2. The van der Waals surface area contributed by atoms with E-state index in [1.54, 1.807) is 0 Å². The quantitative estimate of drug-likeness (QED) is 0.0465. The van der Waals surface area contributed by atoms with Crippen molar-refractivity contribution in [3.05, 3.63) is 0 Å². The molecule has 1 aliphatic heterocycles. The molecule has 0 unspecified atom stereocenters. The second-order valence-corrected chi connectivity index (χ2v) is 13.0. The first-order chi connectivity index (χ1) is 24.7. The molecule has 0 saturated carbocycles. The van der Waals surface area contributed by atoms with Gasteiger partial charge in [-0.2, -0.15) is 0 Å². The van der Waals surface area contributed by atoms with Gasteiger partial charge in [0.15, 0.2) is 0 Å². The van der Waals surface area contributed by atoms with E-state index in [0.29, 0.717) is 6.42 Å². The Bertz CT molecular complexity index is 1390. The van der Waals surface area contributed by atoms with E-state index in [1.807, 2.05) is 13.8 Å². The molecule has 53 heavy (non-hydrogen) atoms. The van der Waals surface area contributed by atoms with Gasteiger partial charge in [-0.1, -0.05) is 13.8 Å². The molecule has 0 aromatic carbocycles. The van der Waals surface area contributed by atoms with Gasteiger partial charge in [-0.15, -0.1) is 0 Å². The number of nitrogens with zero attached hydrogens (tertiary/aromatic N) is 1. The van der Waals surface area contributed by atoms with E-state index in [4.69, 9.17) is 22.3 Å². The zero-order valence-electron chi connectivity index (χ0n) is 29.8. The topological polar surface area (TPSA) is 373 Å². The molecule has 8 amide bonds. The van der Waals surface area contributed by atoms with Gasteiger partial charge >= 0.3 is 11.9 Å². The Hall–Kier alpha value is -5.38. The van der Waals surface area contributed by atoms with Gasteiger partial charge in [-0.05, 0) is 44.9 Å². The minimum absolute atomic E-state index is 0.0145. The Morgan fingerprint density at radius 3 is 1.83 bits per heavy atom. The largest absolute Gasteiger partial charge is 0.481 e. The van der Waals surface area contributed by atoms with Gasteiger partial charge in [-0.3, -0.25) is 47.9 Å². The van der Waals surface area contributed by atoms with Crippen LogP contribution >= 0.6 is 0 Å². The molecule has 0 aliphatic carbocycles. The fraction of sp³-hybridized carbons (Fsp3) is 0.677. The molecule has 0 aromatic heterocycles. The molecular weight excluding hydrogens is 706 g/mol. The van der Waals surface area contributed by atoms with Crippen molar-refractivity contribution < 1.29 is 63.3 Å². The zero-order valence-corrected chi connectivity index (χ0v) is 29.8. The van der Waals surface area contributed by atoms with E-state index in [1.165, 1.54) is 0 Å². The number of carboxylic acids is 2. The third-order valence-electron chi connectivity index (χ3n) is 8.08. The van der Waals surface area contributed by atoms with Crippen molar-refractivity contribution in [1.29, 1.82) is 0 Å². The summed E-state index contributed by atoms with van der Waals surface area (Å²) in [7, 11) is 0. The molecule has 22 heteroatoms. The molecule has 1 saturated heterocycles. The highest BCUT2D eigenvalue weighted by atomic mass is 16.4. The maximum Gasteiger partial charge on any atom is 0.305 e. The minimum Gasteiger partial charge on any atom is -0.481 e.